The minimum Gasteiger partial charge on any atom is -0.371 e. The molecular weight excluding hydrogens is 250 g/mol. The first-order chi connectivity index (χ1) is 9.67. The van der Waals surface area contributed by atoms with Crippen LogP contribution in [0.1, 0.15) is 63.5 Å². The molecule has 1 heterocycles. The lowest BCUT2D eigenvalue weighted by Crippen LogP contribution is -2.20. The molecule has 0 saturated heterocycles. The van der Waals surface area contributed by atoms with E-state index in [9.17, 15) is 0 Å². The first kappa shape index (κ1) is 17.1. The predicted molar refractivity (Wildman–Crippen MR) is 83.1 cm³/mol. The summed E-state index contributed by atoms with van der Waals surface area (Å²) in [6.07, 6.45) is 2.87. The lowest BCUT2D eigenvalue weighted by Gasteiger charge is -2.17. The molecule has 1 N–H and O–H groups in total. The first-order valence-corrected chi connectivity index (χ1v) is 7.88. The van der Waals surface area contributed by atoms with E-state index in [1.165, 1.54) is 17.0 Å². The van der Waals surface area contributed by atoms with Gasteiger partial charge in [0.05, 0.1) is 0 Å². The molecule has 0 aliphatic heterocycles. The molecule has 20 heavy (non-hydrogen) atoms. The van der Waals surface area contributed by atoms with Gasteiger partial charge < -0.3 is 10.1 Å². The first-order valence-electron chi connectivity index (χ1n) is 7.88. The van der Waals surface area contributed by atoms with Crippen LogP contribution in [0.3, 0.4) is 0 Å². The molecular formula is C16H29N3O. The van der Waals surface area contributed by atoms with Crippen molar-refractivity contribution >= 4 is 0 Å². The molecule has 114 valence electrons. The van der Waals surface area contributed by atoms with E-state index < -0.39 is 0 Å². The van der Waals surface area contributed by atoms with E-state index in [1.807, 2.05) is 13.8 Å². The number of rotatable bonds is 9. The molecule has 4 heteroatoms. The maximum atomic E-state index is 5.63. The molecule has 0 amide bonds. The topological polar surface area (TPSA) is 47.0 Å². The van der Waals surface area contributed by atoms with Gasteiger partial charge in [0.25, 0.3) is 0 Å². The van der Waals surface area contributed by atoms with Crippen LogP contribution in [0.25, 0.3) is 0 Å². The van der Waals surface area contributed by atoms with Gasteiger partial charge in [0.2, 0.25) is 0 Å². The van der Waals surface area contributed by atoms with Gasteiger partial charge >= 0.3 is 0 Å². The second-order valence-electron chi connectivity index (χ2n) is 4.86. The number of ether oxygens (including phenoxy) is 1. The van der Waals surface area contributed by atoms with E-state index in [1.54, 1.807) is 0 Å². The highest BCUT2D eigenvalue weighted by Gasteiger charge is 2.15. The van der Waals surface area contributed by atoms with Gasteiger partial charge in [-0.05, 0) is 51.8 Å². The molecule has 1 unspecified atom stereocenters. The van der Waals surface area contributed by atoms with Crippen LogP contribution in [0.15, 0.2) is 0 Å². The predicted octanol–water partition coefficient (Wildman–Crippen LogP) is 2.85. The molecule has 0 spiro atoms. The molecule has 0 aliphatic rings. The zero-order valence-electron chi connectivity index (χ0n) is 13.6. The normalized spacial score (nSPS) is 12.7. The summed E-state index contributed by atoms with van der Waals surface area (Å²) < 4.78 is 5.63. The summed E-state index contributed by atoms with van der Waals surface area (Å²) in [6, 6.07) is 0. The molecule has 0 aliphatic carbocycles. The molecule has 0 radical (unpaired) electrons. The van der Waals surface area contributed by atoms with Crippen molar-refractivity contribution in [2.24, 2.45) is 0 Å². The number of likely N-dealkylation sites (N-methyl/N-ethyl adjacent to an activating group) is 1. The third-order valence-electron chi connectivity index (χ3n) is 3.45. The van der Waals surface area contributed by atoms with Crippen molar-refractivity contribution in [2.75, 3.05) is 19.7 Å². The van der Waals surface area contributed by atoms with Gasteiger partial charge in [0.1, 0.15) is 6.10 Å². The molecule has 0 fully saturated rings. The molecule has 1 atom stereocenters. The molecule has 0 aromatic carbocycles. The van der Waals surface area contributed by atoms with Crippen molar-refractivity contribution in [1.82, 2.24) is 15.3 Å². The Kier molecular flexibility index (Phi) is 7.70. The molecule has 1 aromatic rings. The third kappa shape index (κ3) is 4.53. The Labute approximate surface area is 123 Å². The van der Waals surface area contributed by atoms with Crippen molar-refractivity contribution in [1.29, 1.82) is 0 Å². The largest absolute Gasteiger partial charge is 0.371 e. The van der Waals surface area contributed by atoms with Crippen LogP contribution in [0.2, 0.25) is 0 Å². The van der Waals surface area contributed by atoms with E-state index in [-0.39, 0.29) is 6.10 Å². The molecule has 1 rings (SSSR count). The van der Waals surface area contributed by atoms with Crippen molar-refractivity contribution in [3.63, 3.8) is 0 Å². The Hall–Kier alpha value is -1.00. The number of hydrogen-bond donors (Lipinski definition) is 1. The zero-order chi connectivity index (χ0) is 15.0. The number of aromatic nitrogens is 2. The van der Waals surface area contributed by atoms with Crippen molar-refractivity contribution < 1.29 is 4.74 Å². The Morgan fingerprint density at radius 3 is 2.10 bits per heavy atom. The van der Waals surface area contributed by atoms with Gasteiger partial charge in [-0.3, -0.25) is 0 Å². The Bertz CT molecular complexity index is 382. The summed E-state index contributed by atoms with van der Waals surface area (Å²) in [5, 5.41) is 3.38. The molecule has 0 bridgehead atoms. The quantitative estimate of drug-likeness (QED) is 0.706. The number of nitrogens with one attached hydrogen (secondary N) is 1. The summed E-state index contributed by atoms with van der Waals surface area (Å²) in [4.78, 5) is 9.47. The number of aryl methyl sites for hydroxylation is 2. The lowest BCUT2D eigenvalue weighted by atomic mass is 10.0. The van der Waals surface area contributed by atoms with Crippen molar-refractivity contribution in [3.8, 4) is 0 Å². The Balaban J connectivity index is 3.04. The standard InChI is InChI=1S/C16H29N3O/c1-6-14-13(10-11-17-8-3)15(7-2)19-16(18-14)12(5)20-9-4/h12,17H,6-11H2,1-5H3. The summed E-state index contributed by atoms with van der Waals surface area (Å²) in [7, 11) is 0. The van der Waals surface area contributed by atoms with E-state index in [0.717, 1.165) is 38.2 Å². The fourth-order valence-electron chi connectivity index (χ4n) is 2.37. The van der Waals surface area contributed by atoms with Gasteiger partial charge in [-0.25, -0.2) is 9.97 Å². The smallest absolute Gasteiger partial charge is 0.157 e. The molecule has 1 aromatic heterocycles. The van der Waals surface area contributed by atoms with Crippen LogP contribution in [0.5, 0.6) is 0 Å². The zero-order valence-corrected chi connectivity index (χ0v) is 13.6. The summed E-state index contributed by atoms with van der Waals surface area (Å²) >= 11 is 0. The number of nitrogens with zero attached hydrogens (tertiary/aromatic N) is 2. The SMILES string of the molecule is CCNCCc1c(CC)nc(C(C)OCC)nc1CC. The van der Waals surface area contributed by atoms with E-state index >= 15 is 0 Å². The number of hydrogen-bond acceptors (Lipinski definition) is 4. The second kappa shape index (κ2) is 9.03. The average Bonchev–Trinajstić information content (AvgIpc) is 2.47. The van der Waals surface area contributed by atoms with Crippen LogP contribution in [-0.4, -0.2) is 29.7 Å². The third-order valence-corrected chi connectivity index (χ3v) is 3.45. The van der Waals surface area contributed by atoms with Crippen molar-refractivity contribution in [3.05, 3.63) is 22.8 Å². The fraction of sp³-hybridized carbons (Fsp3) is 0.750. The summed E-state index contributed by atoms with van der Waals surface area (Å²) in [6.45, 7) is 13.2. The van der Waals surface area contributed by atoms with E-state index in [2.05, 4.69) is 26.1 Å². The van der Waals surface area contributed by atoms with Gasteiger partial charge in [0, 0.05) is 18.0 Å². The average molecular weight is 279 g/mol. The Morgan fingerprint density at radius 1 is 1.05 bits per heavy atom. The van der Waals surface area contributed by atoms with Gasteiger partial charge in [-0.15, -0.1) is 0 Å². The van der Waals surface area contributed by atoms with Gasteiger partial charge in [0.15, 0.2) is 5.82 Å². The van der Waals surface area contributed by atoms with Gasteiger partial charge in [-0.1, -0.05) is 20.8 Å². The Morgan fingerprint density at radius 2 is 1.65 bits per heavy atom. The van der Waals surface area contributed by atoms with Crippen LogP contribution >= 0.6 is 0 Å². The van der Waals surface area contributed by atoms with E-state index in [0.29, 0.717) is 6.61 Å². The van der Waals surface area contributed by atoms with Crippen molar-refractivity contribution in [2.45, 2.75) is 60.0 Å². The minimum absolute atomic E-state index is 0.0292. The monoisotopic (exact) mass is 279 g/mol. The minimum atomic E-state index is -0.0292. The maximum Gasteiger partial charge on any atom is 0.157 e. The van der Waals surface area contributed by atoms with Crippen LogP contribution in [-0.2, 0) is 24.0 Å². The van der Waals surface area contributed by atoms with Crippen LogP contribution in [0.4, 0.5) is 0 Å². The second-order valence-corrected chi connectivity index (χ2v) is 4.86. The molecule has 4 nitrogen and oxygen atoms in total. The maximum absolute atomic E-state index is 5.63. The summed E-state index contributed by atoms with van der Waals surface area (Å²) in [5.41, 5.74) is 3.68. The molecule has 0 saturated carbocycles. The van der Waals surface area contributed by atoms with Crippen LogP contribution in [0, 0.1) is 0 Å². The summed E-state index contributed by atoms with van der Waals surface area (Å²) in [5.74, 6) is 0.827. The highest BCUT2D eigenvalue weighted by molar-refractivity contribution is 5.27. The van der Waals surface area contributed by atoms with E-state index in [4.69, 9.17) is 14.7 Å². The fourth-order valence-corrected chi connectivity index (χ4v) is 2.37. The lowest BCUT2D eigenvalue weighted by molar-refractivity contribution is 0.0697. The highest BCUT2D eigenvalue weighted by atomic mass is 16.5. The highest BCUT2D eigenvalue weighted by Crippen LogP contribution is 2.19. The van der Waals surface area contributed by atoms with Crippen LogP contribution < -0.4 is 5.32 Å². The van der Waals surface area contributed by atoms with Gasteiger partial charge in [-0.2, -0.15) is 0 Å².